The average Bonchev–Trinajstić information content (AvgIpc) is 2.72. The van der Waals surface area contributed by atoms with Crippen LogP contribution in [0.15, 0.2) is 24.4 Å². The van der Waals surface area contributed by atoms with Crippen molar-refractivity contribution in [3.05, 3.63) is 39.5 Å². The van der Waals surface area contributed by atoms with Gasteiger partial charge in [0.2, 0.25) is 0 Å². The van der Waals surface area contributed by atoms with Crippen LogP contribution in [-0.4, -0.2) is 24.7 Å². The Morgan fingerprint density at radius 1 is 1.35 bits per heavy atom. The standard InChI is InChI=1S/C9H4ClN5O2/c10-5-1-2-7-6(3-5)12-13-9-8(15(16)17)4-11-14(7)9/h1-4H. The fourth-order valence-electron chi connectivity index (χ4n) is 1.59. The minimum absolute atomic E-state index is 0.116. The van der Waals surface area contributed by atoms with Crippen LogP contribution in [0.4, 0.5) is 5.69 Å². The number of halogens is 1. The van der Waals surface area contributed by atoms with Crippen LogP contribution < -0.4 is 0 Å². The molecule has 2 aromatic heterocycles. The quantitative estimate of drug-likeness (QED) is 0.485. The third-order valence-electron chi connectivity index (χ3n) is 2.34. The molecule has 7 nitrogen and oxygen atoms in total. The van der Waals surface area contributed by atoms with Crippen molar-refractivity contribution >= 4 is 34.0 Å². The van der Waals surface area contributed by atoms with Crippen molar-refractivity contribution in [1.82, 2.24) is 19.8 Å². The fraction of sp³-hybridized carbons (Fsp3) is 0. The molecule has 0 unspecified atom stereocenters. The summed E-state index contributed by atoms with van der Waals surface area (Å²) >= 11 is 5.82. The van der Waals surface area contributed by atoms with Crippen molar-refractivity contribution < 1.29 is 4.92 Å². The first-order chi connectivity index (χ1) is 8.16. The molecule has 17 heavy (non-hydrogen) atoms. The van der Waals surface area contributed by atoms with Crippen LogP contribution in [0.25, 0.3) is 16.7 Å². The second-order valence-electron chi connectivity index (χ2n) is 3.36. The monoisotopic (exact) mass is 249 g/mol. The summed E-state index contributed by atoms with van der Waals surface area (Å²) in [5, 5.41) is 22.8. The minimum atomic E-state index is -0.543. The van der Waals surface area contributed by atoms with E-state index >= 15 is 0 Å². The number of aromatic nitrogens is 4. The Kier molecular flexibility index (Phi) is 1.96. The first kappa shape index (κ1) is 9.91. The summed E-state index contributed by atoms with van der Waals surface area (Å²) in [6.07, 6.45) is 1.15. The largest absolute Gasteiger partial charge is 0.335 e. The van der Waals surface area contributed by atoms with E-state index in [2.05, 4.69) is 15.3 Å². The smallest absolute Gasteiger partial charge is 0.258 e. The summed E-state index contributed by atoms with van der Waals surface area (Å²) in [5.74, 6) is 0. The van der Waals surface area contributed by atoms with Gasteiger partial charge in [0.15, 0.2) is 0 Å². The molecule has 0 bridgehead atoms. The number of hydrogen-bond acceptors (Lipinski definition) is 5. The molecular formula is C9H4ClN5O2. The minimum Gasteiger partial charge on any atom is -0.258 e. The molecule has 0 amide bonds. The van der Waals surface area contributed by atoms with E-state index in [0.29, 0.717) is 16.1 Å². The van der Waals surface area contributed by atoms with Crippen molar-refractivity contribution in [2.45, 2.75) is 0 Å². The van der Waals surface area contributed by atoms with Crippen molar-refractivity contribution in [3.8, 4) is 0 Å². The average molecular weight is 250 g/mol. The molecule has 8 heteroatoms. The van der Waals surface area contributed by atoms with E-state index in [0.717, 1.165) is 6.20 Å². The van der Waals surface area contributed by atoms with Crippen molar-refractivity contribution in [1.29, 1.82) is 0 Å². The van der Waals surface area contributed by atoms with Crippen LogP contribution in [0.1, 0.15) is 0 Å². The van der Waals surface area contributed by atoms with Gasteiger partial charge in [0.1, 0.15) is 11.7 Å². The second kappa shape index (κ2) is 3.36. The first-order valence-electron chi connectivity index (χ1n) is 4.61. The molecule has 3 rings (SSSR count). The lowest BCUT2D eigenvalue weighted by molar-refractivity contribution is -0.383. The van der Waals surface area contributed by atoms with Crippen molar-refractivity contribution in [3.63, 3.8) is 0 Å². The molecular weight excluding hydrogens is 246 g/mol. The maximum absolute atomic E-state index is 10.7. The summed E-state index contributed by atoms with van der Waals surface area (Å²) in [6, 6.07) is 4.98. The zero-order chi connectivity index (χ0) is 12.0. The Morgan fingerprint density at radius 2 is 2.18 bits per heavy atom. The van der Waals surface area contributed by atoms with Gasteiger partial charge in [0.25, 0.3) is 5.65 Å². The summed E-state index contributed by atoms with van der Waals surface area (Å²) < 4.78 is 1.37. The van der Waals surface area contributed by atoms with Gasteiger partial charge in [0, 0.05) is 5.02 Å². The van der Waals surface area contributed by atoms with Gasteiger partial charge in [-0.1, -0.05) is 11.6 Å². The normalized spacial score (nSPS) is 11.1. The Balaban J connectivity index is 2.45. The van der Waals surface area contributed by atoms with Crippen LogP contribution >= 0.6 is 11.6 Å². The third-order valence-corrected chi connectivity index (χ3v) is 2.58. The molecule has 1 aromatic carbocycles. The molecule has 0 N–H and O–H groups in total. The van der Waals surface area contributed by atoms with Gasteiger partial charge in [-0.15, -0.1) is 10.2 Å². The highest BCUT2D eigenvalue weighted by Crippen LogP contribution is 2.22. The summed E-state index contributed by atoms with van der Waals surface area (Å²) in [7, 11) is 0. The van der Waals surface area contributed by atoms with Gasteiger partial charge in [-0.3, -0.25) is 10.1 Å². The highest BCUT2D eigenvalue weighted by atomic mass is 35.5. The lowest BCUT2D eigenvalue weighted by Gasteiger charge is -1.98. The van der Waals surface area contributed by atoms with E-state index in [-0.39, 0.29) is 11.3 Å². The highest BCUT2D eigenvalue weighted by Gasteiger charge is 2.18. The van der Waals surface area contributed by atoms with E-state index in [1.54, 1.807) is 18.2 Å². The summed E-state index contributed by atoms with van der Waals surface area (Å²) in [5.41, 5.74) is 1.09. The van der Waals surface area contributed by atoms with Gasteiger partial charge >= 0.3 is 5.69 Å². The molecule has 0 aliphatic rings. The maximum atomic E-state index is 10.7. The van der Waals surface area contributed by atoms with Crippen LogP contribution in [-0.2, 0) is 0 Å². The lowest BCUT2D eigenvalue weighted by atomic mass is 10.3. The SMILES string of the molecule is O=[N+]([O-])c1cnn2c1nnc1cc(Cl)ccc12. The Hall–Kier alpha value is -2.28. The van der Waals surface area contributed by atoms with Crippen LogP contribution in [0.3, 0.4) is 0 Å². The van der Waals surface area contributed by atoms with Gasteiger partial charge in [-0.2, -0.15) is 5.10 Å². The topological polar surface area (TPSA) is 86.2 Å². The predicted octanol–water partition coefficient (Wildman–Crippen LogP) is 1.84. The van der Waals surface area contributed by atoms with E-state index in [1.807, 2.05) is 0 Å². The number of nitrogens with zero attached hydrogens (tertiary/aromatic N) is 5. The molecule has 0 aliphatic heterocycles. The zero-order valence-electron chi connectivity index (χ0n) is 8.24. The Morgan fingerprint density at radius 3 is 2.94 bits per heavy atom. The van der Waals surface area contributed by atoms with Crippen LogP contribution in [0.5, 0.6) is 0 Å². The van der Waals surface area contributed by atoms with Gasteiger partial charge in [0.05, 0.1) is 10.4 Å². The fourth-order valence-corrected chi connectivity index (χ4v) is 1.76. The molecule has 0 spiro atoms. The van der Waals surface area contributed by atoms with Gasteiger partial charge in [-0.25, -0.2) is 4.52 Å². The molecule has 0 saturated heterocycles. The van der Waals surface area contributed by atoms with Gasteiger partial charge < -0.3 is 0 Å². The number of nitro groups is 1. The summed E-state index contributed by atoms with van der Waals surface area (Å²) in [4.78, 5) is 10.2. The highest BCUT2D eigenvalue weighted by molar-refractivity contribution is 6.31. The maximum Gasteiger partial charge on any atom is 0.335 e. The lowest BCUT2D eigenvalue weighted by Crippen LogP contribution is -1.97. The second-order valence-corrected chi connectivity index (χ2v) is 3.79. The Bertz CT molecular complexity index is 754. The van der Waals surface area contributed by atoms with Crippen molar-refractivity contribution in [2.75, 3.05) is 0 Å². The molecule has 0 atom stereocenters. The van der Waals surface area contributed by atoms with Gasteiger partial charge in [-0.05, 0) is 18.2 Å². The first-order valence-corrected chi connectivity index (χ1v) is 4.99. The molecule has 0 saturated carbocycles. The van der Waals surface area contributed by atoms with E-state index in [1.165, 1.54) is 4.52 Å². The number of fused-ring (bicyclic) bond motifs is 3. The summed E-state index contributed by atoms with van der Waals surface area (Å²) in [6.45, 7) is 0. The molecule has 0 radical (unpaired) electrons. The molecule has 0 fully saturated rings. The van der Waals surface area contributed by atoms with Crippen LogP contribution in [0, 0.1) is 10.1 Å². The predicted molar refractivity (Wildman–Crippen MR) is 60.0 cm³/mol. The van der Waals surface area contributed by atoms with E-state index in [9.17, 15) is 10.1 Å². The Labute approximate surface area is 98.8 Å². The zero-order valence-corrected chi connectivity index (χ0v) is 9.00. The molecule has 3 aromatic rings. The number of hydrogen-bond donors (Lipinski definition) is 0. The van der Waals surface area contributed by atoms with E-state index in [4.69, 9.17) is 11.6 Å². The van der Waals surface area contributed by atoms with E-state index < -0.39 is 4.92 Å². The molecule has 84 valence electrons. The molecule has 0 aliphatic carbocycles. The number of rotatable bonds is 1. The third kappa shape index (κ3) is 1.40. The molecule has 2 heterocycles. The number of benzene rings is 1. The van der Waals surface area contributed by atoms with Crippen LogP contribution in [0.2, 0.25) is 5.02 Å². The van der Waals surface area contributed by atoms with Crippen molar-refractivity contribution in [2.24, 2.45) is 0 Å².